The highest BCUT2D eigenvalue weighted by Crippen LogP contribution is 2.30. The van der Waals surface area contributed by atoms with Crippen LogP contribution in [0.3, 0.4) is 0 Å². The third-order valence-corrected chi connectivity index (χ3v) is 5.80. The minimum atomic E-state index is 0. The molecule has 1 unspecified atom stereocenters. The van der Waals surface area contributed by atoms with E-state index in [0.29, 0.717) is 6.04 Å². The van der Waals surface area contributed by atoms with Crippen LogP contribution < -0.4 is 5.32 Å². The molecule has 3 fully saturated rings. The van der Waals surface area contributed by atoms with E-state index in [0.717, 1.165) is 40.1 Å². The van der Waals surface area contributed by atoms with Crippen LogP contribution in [0.25, 0.3) is 11.3 Å². The molecule has 1 aromatic heterocycles. The van der Waals surface area contributed by atoms with E-state index >= 15 is 0 Å². The van der Waals surface area contributed by atoms with Gasteiger partial charge >= 0.3 is 0 Å². The largest absolute Gasteiger partial charge is 0.460 e. The van der Waals surface area contributed by atoms with E-state index in [2.05, 4.69) is 22.3 Å². The SMILES string of the molecule is Cc1c(Cl)cccc1-c1ccc(CNC2CN3CCC2CC3)o1.Cl.Cl. The molecule has 0 amide bonds. The number of fused-ring (bicyclic) bond motifs is 3. The number of nitrogens with zero attached hydrogens (tertiary/aromatic N) is 1. The van der Waals surface area contributed by atoms with Crippen LogP contribution in [0, 0.1) is 12.8 Å². The van der Waals surface area contributed by atoms with Gasteiger partial charge in [-0.05, 0) is 62.5 Å². The number of halogens is 3. The normalized spacial score (nSPS) is 24.5. The Hall–Kier alpha value is -0.710. The molecule has 1 atom stereocenters. The van der Waals surface area contributed by atoms with Crippen molar-refractivity contribution < 1.29 is 4.42 Å². The monoisotopic (exact) mass is 402 g/mol. The summed E-state index contributed by atoms with van der Waals surface area (Å²) in [7, 11) is 0. The zero-order valence-corrected chi connectivity index (χ0v) is 16.7. The molecule has 25 heavy (non-hydrogen) atoms. The first-order chi connectivity index (χ1) is 11.2. The second kappa shape index (κ2) is 8.79. The molecule has 4 heterocycles. The lowest BCUT2D eigenvalue weighted by Gasteiger charge is -2.45. The maximum Gasteiger partial charge on any atom is 0.134 e. The van der Waals surface area contributed by atoms with Gasteiger partial charge < -0.3 is 14.6 Å². The standard InChI is InChI=1S/C19H23ClN2O.2ClH/c1-13-16(3-2-4-17(13)20)19-6-5-15(23-19)11-21-18-12-22-9-7-14(18)8-10-22;;/h2-6,14,18,21H,7-12H2,1H3;2*1H. The van der Waals surface area contributed by atoms with Crippen molar-refractivity contribution >= 4 is 36.4 Å². The number of benzene rings is 1. The highest BCUT2D eigenvalue weighted by atomic mass is 35.5. The molecule has 138 valence electrons. The molecule has 0 saturated carbocycles. The van der Waals surface area contributed by atoms with E-state index in [9.17, 15) is 0 Å². The van der Waals surface area contributed by atoms with Crippen LogP contribution in [0.15, 0.2) is 34.7 Å². The fourth-order valence-electron chi connectivity index (χ4n) is 3.92. The van der Waals surface area contributed by atoms with Gasteiger partial charge in [0.1, 0.15) is 11.5 Å². The van der Waals surface area contributed by atoms with E-state index in [1.165, 1.54) is 32.5 Å². The number of piperidine rings is 3. The molecular weight excluding hydrogens is 379 g/mol. The molecule has 0 spiro atoms. The molecule has 2 bridgehead atoms. The average Bonchev–Trinajstić information content (AvgIpc) is 3.05. The molecule has 0 aliphatic carbocycles. The van der Waals surface area contributed by atoms with Gasteiger partial charge in [-0.3, -0.25) is 0 Å². The van der Waals surface area contributed by atoms with Crippen molar-refractivity contribution in [2.24, 2.45) is 5.92 Å². The first-order valence-electron chi connectivity index (χ1n) is 8.50. The zero-order chi connectivity index (χ0) is 15.8. The van der Waals surface area contributed by atoms with Gasteiger partial charge in [0, 0.05) is 23.2 Å². The molecule has 3 saturated heterocycles. The molecule has 5 rings (SSSR count). The number of nitrogens with one attached hydrogen (secondary N) is 1. The van der Waals surface area contributed by atoms with Gasteiger partial charge in [0.15, 0.2) is 0 Å². The minimum Gasteiger partial charge on any atom is -0.460 e. The smallest absolute Gasteiger partial charge is 0.134 e. The highest BCUT2D eigenvalue weighted by molar-refractivity contribution is 6.31. The first kappa shape index (κ1) is 20.6. The molecule has 1 aromatic carbocycles. The number of rotatable bonds is 4. The van der Waals surface area contributed by atoms with Gasteiger partial charge in [-0.15, -0.1) is 24.8 Å². The van der Waals surface area contributed by atoms with Crippen molar-refractivity contribution in [3.05, 3.63) is 46.7 Å². The summed E-state index contributed by atoms with van der Waals surface area (Å²) in [5.41, 5.74) is 2.15. The van der Waals surface area contributed by atoms with Crippen LogP contribution in [0.5, 0.6) is 0 Å². The predicted octanol–water partition coefficient (Wildman–Crippen LogP) is 4.94. The molecule has 6 heteroatoms. The van der Waals surface area contributed by atoms with Crippen molar-refractivity contribution in [1.29, 1.82) is 0 Å². The van der Waals surface area contributed by atoms with E-state index in [4.69, 9.17) is 16.0 Å². The lowest BCUT2D eigenvalue weighted by Crippen LogP contribution is -2.55. The zero-order valence-electron chi connectivity index (χ0n) is 14.3. The van der Waals surface area contributed by atoms with Gasteiger partial charge in [0.05, 0.1) is 6.54 Å². The molecular formula is C19H25Cl3N2O. The van der Waals surface area contributed by atoms with Gasteiger partial charge in [-0.25, -0.2) is 0 Å². The second-order valence-corrected chi connectivity index (χ2v) is 7.21. The Morgan fingerprint density at radius 3 is 2.60 bits per heavy atom. The third-order valence-electron chi connectivity index (χ3n) is 5.39. The summed E-state index contributed by atoms with van der Waals surface area (Å²) in [6, 6.07) is 10.7. The average molecular weight is 404 g/mol. The summed E-state index contributed by atoms with van der Waals surface area (Å²) in [5, 5.41) is 4.48. The number of furan rings is 1. The van der Waals surface area contributed by atoms with Crippen molar-refractivity contribution in [1.82, 2.24) is 10.2 Å². The first-order valence-corrected chi connectivity index (χ1v) is 8.88. The Morgan fingerprint density at radius 2 is 1.92 bits per heavy atom. The van der Waals surface area contributed by atoms with Crippen molar-refractivity contribution in [2.45, 2.75) is 32.4 Å². The highest BCUT2D eigenvalue weighted by Gasteiger charge is 2.33. The molecule has 0 radical (unpaired) electrons. The Kier molecular flexibility index (Phi) is 7.24. The maximum atomic E-state index is 6.21. The van der Waals surface area contributed by atoms with Crippen LogP contribution in [-0.4, -0.2) is 30.6 Å². The van der Waals surface area contributed by atoms with E-state index in [-0.39, 0.29) is 24.8 Å². The quantitative estimate of drug-likeness (QED) is 0.784. The third kappa shape index (κ3) is 4.35. The minimum absolute atomic E-state index is 0. The summed E-state index contributed by atoms with van der Waals surface area (Å²) in [5.74, 6) is 2.73. The van der Waals surface area contributed by atoms with Gasteiger partial charge in [-0.2, -0.15) is 0 Å². The van der Waals surface area contributed by atoms with Crippen molar-refractivity contribution in [2.75, 3.05) is 19.6 Å². The lowest BCUT2D eigenvalue weighted by atomic mass is 9.84. The summed E-state index contributed by atoms with van der Waals surface area (Å²) in [6.45, 7) is 6.58. The van der Waals surface area contributed by atoms with Crippen molar-refractivity contribution in [3.8, 4) is 11.3 Å². The van der Waals surface area contributed by atoms with Gasteiger partial charge in [0.25, 0.3) is 0 Å². The summed E-state index contributed by atoms with van der Waals surface area (Å²) in [6.07, 6.45) is 2.67. The Morgan fingerprint density at radius 1 is 1.16 bits per heavy atom. The summed E-state index contributed by atoms with van der Waals surface area (Å²) in [4.78, 5) is 2.57. The van der Waals surface area contributed by atoms with Crippen LogP contribution in [0.4, 0.5) is 0 Å². The number of hydrogen-bond donors (Lipinski definition) is 1. The van der Waals surface area contributed by atoms with Crippen LogP contribution >= 0.6 is 36.4 Å². The Bertz CT molecular complexity index is 696. The summed E-state index contributed by atoms with van der Waals surface area (Å²) >= 11 is 6.21. The Labute approximate surface area is 166 Å². The topological polar surface area (TPSA) is 28.4 Å². The van der Waals surface area contributed by atoms with Gasteiger partial charge in [0.2, 0.25) is 0 Å². The van der Waals surface area contributed by atoms with Crippen LogP contribution in [0.1, 0.15) is 24.2 Å². The maximum absolute atomic E-state index is 6.21. The predicted molar refractivity (Wildman–Crippen MR) is 108 cm³/mol. The molecule has 1 N–H and O–H groups in total. The van der Waals surface area contributed by atoms with Crippen LogP contribution in [-0.2, 0) is 6.54 Å². The molecule has 3 nitrogen and oxygen atoms in total. The molecule has 3 aliphatic heterocycles. The van der Waals surface area contributed by atoms with E-state index in [1.807, 2.05) is 25.1 Å². The van der Waals surface area contributed by atoms with Crippen molar-refractivity contribution in [3.63, 3.8) is 0 Å². The van der Waals surface area contributed by atoms with E-state index in [1.54, 1.807) is 0 Å². The van der Waals surface area contributed by atoms with Gasteiger partial charge in [-0.1, -0.05) is 23.7 Å². The fraction of sp³-hybridized carbons (Fsp3) is 0.474. The molecule has 2 aromatic rings. The lowest BCUT2D eigenvalue weighted by molar-refractivity contribution is 0.0711. The van der Waals surface area contributed by atoms with E-state index < -0.39 is 0 Å². The number of hydrogen-bond acceptors (Lipinski definition) is 3. The summed E-state index contributed by atoms with van der Waals surface area (Å²) < 4.78 is 6.04. The second-order valence-electron chi connectivity index (χ2n) is 6.80. The Balaban J connectivity index is 0.00000113. The fourth-order valence-corrected chi connectivity index (χ4v) is 4.09. The molecule has 3 aliphatic rings. The van der Waals surface area contributed by atoms with Crippen LogP contribution in [0.2, 0.25) is 5.02 Å².